The smallest absolute Gasteiger partial charge is 0.335 e. The molecule has 0 aliphatic heterocycles. The van der Waals surface area contributed by atoms with E-state index in [1.54, 1.807) is 12.1 Å². The summed E-state index contributed by atoms with van der Waals surface area (Å²) in [5.74, 6) is 0.240. The van der Waals surface area contributed by atoms with Crippen molar-refractivity contribution in [3.05, 3.63) is 23.4 Å². The van der Waals surface area contributed by atoms with E-state index in [-0.39, 0.29) is 11.7 Å². The van der Waals surface area contributed by atoms with E-state index in [1.807, 2.05) is 18.9 Å². The molecule has 0 spiro atoms. The number of rotatable bonds is 5. The van der Waals surface area contributed by atoms with E-state index < -0.39 is 5.97 Å². The van der Waals surface area contributed by atoms with Crippen molar-refractivity contribution in [3.8, 4) is 0 Å². The molecule has 2 N–H and O–H groups in total. The molecule has 1 aliphatic carbocycles. The lowest BCUT2D eigenvalue weighted by Gasteiger charge is -2.34. The minimum Gasteiger partial charge on any atom is -0.478 e. The van der Waals surface area contributed by atoms with Crippen molar-refractivity contribution in [3.63, 3.8) is 0 Å². The van der Waals surface area contributed by atoms with Crippen molar-refractivity contribution in [2.45, 2.75) is 32.3 Å². The van der Waals surface area contributed by atoms with Gasteiger partial charge in [0, 0.05) is 19.3 Å². The number of nitrogens with zero attached hydrogens (tertiary/aromatic N) is 2. The summed E-state index contributed by atoms with van der Waals surface area (Å²) in [5.41, 5.74) is 1.07. The predicted molar refractivity (Wildman–Crippen MR) is 72.6 cm³/mol. The zero-order valence-electron chi connectivity index (χ0n) is 11.3. The van der Waals surface area contributed by atoms with Gasteiger partial charge in [0.15, 0.2) is 0 Å². The maximum atomic E-state index is 11.1. The van der Waals surface area contributed by atoms with Crippen LogP contribution in [-0.4, -0.2) is 40.9 Å². The lowest BCUT2D eigenvalue weighted by molar-refractivity contribution is 0.0464. The van der Waals surface area contributed by atoms with Gasteiger partial charge in [-0.1, -0.05) is 6.92 Å². The zero-order chi connectivity index (χ0) is 14.0. The van der Waals surface area contributed by atoms with Crippen LogP contribution in [-0.2, 0) is 6.42 Å². The molecule has 0 unspecified atom stereocenters. The number of hydrogen-bond acceptors (Lipinski definition) is 4. The molecule has 0 saturated heterocycles. The molecule has 1 aliphatic rings. The quantitative estimate of drug-likeness (QED) is 0.844. The highest BCUT2D eigenvalue weighted by Gasteiger charge is 2.28. The number of carboxylic acids is 1. The van der Waals surface area contributed by atoms with Crippen LogP contribution in [0, 0.1) is 5.92 Å². The van der Waals surface area contributed by atoms with E-state index in [1.165, 1.54) is 0 Å². The summed E-state index contributed by atoms with van der Waals surface area (Å²) in [6.45, 7) is 2.76. The molecule has 0 amide bonds. The zero-order valence-corrected chi connectivity index (χ0v) is 11.3. The first kappa shape index (κ1) is 13.8. The standard InChI is InChI=1S/C14H20N2O3/c1-3-11-6-10(14(18)19)7-13(15-11)16(2)8-9-4-12(17)5-9/h6-7,9,12,17H,3-5,8H2,1-2H3,(H,18,19). The predicted octanol–water partition coefficient (Wildman–Crippen LogP) is 1.55. The van der Waals surface area contributed by atoms with Gasteiger partial charge >= 0.3 is 5.97 Å². The van der Waals surface area contributed by atoms with Gasteiger partial charge in [-0.3, -0.25) is 0 Å². The Balaban J connectivity index is 2.13. The average molecular weight is 264 g/mol. The molecule has 104 valence electrons. The molecular formula is C14H20N2O3. The van der Waals surface area contributed by atoms with Gasteiger partial charge in [0.1, 0.15) is 5.82 Å². The first-order valence-corrected chi connectivity index (χ1v) is 6.63. The molecule has 1 saturated carbocycles. The summed E-state index contributed by atoms with van der Waals surface area (Å²) in [4.78, 5) is 17.5. The van der Waals surface area contributed by atoms with E-state index in [0.29, 0.717) is 18.2 Å². The number of aliphatic hydroxyl groups excluding tert-OH is 1. The highest BCUT2D eigenvalue weighted by Crippen LogP contribution is 2.28. The topological polar surface area (TPSA) is 73.7 Å². The summed E-state index contributed by atoms with van der Waals surface area (Å²) < 4.78 is 0. The molecule has 0 aromatic carbocycles. The van der Waals surface area contributed by atoms with Crippen molar-refractivity contribution in [2.75, 3.05) is 18.5 Å². The van der Waals surface area contributed by atoms with E-state index in [4.69, 9.17) is 5.11 Å². The molecule has 19 heavy (non-hydrogen) atoms. The normalized spacial score (nSPS) is 21.8. The number of carboxylic acid groups (broad SMARTS) is 1. The molecule has 1 aromatic rings. The van der Waals surface area contributed by atoms with Crippen LogP contribution in [0.5, 0.6) is 0 Å². The number of aryl methyl sites for hydroxylation is 1. The summed E-state index contributed by atoms with van der Waals surface area (Å²) in [5, 5.41) is 18.4. The molecule has 2 rings (SSSR count). The van der Waals surface area contributed by atoms with Gasteiger partial charge < -0.3 is 15.1 Å². The van der Waals surface area contributed by atoms with Crippen molar-refractivity contribution < 1.29 is 15.0 Å². The maximum Gasteiger partial charge on any atom is 0.335 e. The summed E-state index contributed by atoms with van der Waals surface area (Å²) in [6, 6.07) is 3.23. The molecule has 1 fully saturated rings. The van der Waals surface area contributed by atoms with Gasteiger partial charge in [0.2, 0.25) is 0 Å². The van der Waals surface area contributed by atoms with E-state index in [0.717, 1.165) is 25.1 Å². The highest BCUT2D eigenvalue weighted by molar-refractivity contribution is 5.88. The van der Waals surface area contributed by atoms with E-state index in [9.17, 15) is 9.90 Å². The van der Waals surface area contributed by atoms with Crippen LogP contribution in [0.4, 0.5) is 5.82 Å². The molecule has 0 bridgehead atoms. The van der Waals surface area contributed by atoms with Gasteiger partial charge in [-0.15, -0.1) is 0 Å². The molecule has 1 aromatic heterocycles. The Kier molecular flexibility index (Phi) is 4.04. The first-order valence-electron chi connectivity index (χ1n) is 6.63. The minimum atomic E-state index is -0.925. The fourth-order valence-corrected chi connectivity index (χ4v) is 2.40. The largest absolute Gasteiger partial charge is 0.478 e. The SMILES string of the molecule is CCc1cc(C(=O)O)cc(N(C)CC2CC(O)C2)n1. The van der Waals surface area contributed by atoms with Crippen molar-refractivity contribution in [1.82, 2.24) is 4.98 Å². The number of hydrogen-bond donors (Lipinski definition) is 2. The number of aromatic nitrogens is 1. The molecule has 1 heterocycles. The number of aliphatic hydroxyl groups is 1. The Hall–Kier alpha value is -1.62. The minimum absolute atomic E-state index is 0.164. The molecule has 5 nitrogen and oxygen atoms in total. The van der Waals surface area contributed by atoms with Crippen molar-refractivity contribution >= 4 is 11.8 Å². The Labute approximate surface area is 112 Å². The second-order valence-electron chi connectivity index (χ2n) is 5.24. The molecule has 5 heteroatoms. The maximum absolute atomic E-state index is 11.1. The number of pyridine rings is 1. The second kappa shape index (κ2) is 5.57. The first-order chi connectivity index (χ1) is 8.99. The van der Waals surface area contributed by atoms with Gasteiger partial charge in [-0.2, -0.15) is 0 Å². The van der Waals surface area contributed by atoms with E-state index in [2.05, 4.69) is 4.98 Å². The van der Waals surface area contributed by atoms with Crippen LogP contribution >= 0.6 is 0 Å². The highest BCUT2D eigenvalue weighted by atomic mass is 16.4. The molecule has 0 atom stereocenters. The fourth-order valence-electron chi connectivity index (χ4n) is 2.40. The average Bonchev–Trinajstić information content (AvgIpc) is 2.36. The molecular weight excluding hydrogens is 244 g/mol. The third-order valence-electron chi connectivity index (χ3n) is 3.61. The number of anilines is 1. The monoisotopic (exact) mass is 264 g/mol. The summed E-state index contributed by atoms with van der Waals surface area (Å²) >= 11 is 0. The third-order valence-corrected chi connectivity index (χ3v) is 3.61. The van der Waals surface area contributed by atoms with Gasteiger partial charge in [0.25, 0.3) is 0 Å². The van der Waals surface area contributed by atoms with Gasteiger partial charge in [-0.05, 0) is 37.3 Å². The Morgan fingerprint density at radius 2 is 2.16 bits per heavy atom. The lowest BCUT2D eigenvalue weighted by Crippen LogP contribution is -2.37. The van der Waals surface area contributed by atoms with Crippen LogP contribution in [0.2, 0.25) is 0 Å². The van der Waals surface area contributed by atoms with Crippen LogP contribution in [0.3, 0.4) is 0 Å². The Morgan fingerprint density at radius 1 is 1.47 bits per heavy atom. The number of carbonyl (C=O) groups is 1. The van der Waals surface area contributed by atoms with Crippen molar-refractivity contribution in [2.24, 2.45) is 5.92 Å². The van der Waals surface area contributed by atoms with Crippen molar-refractivity contribution in [1.29, 1.82) is 0 Å². The van der Waals surface area contributed by atoms with Gasteiger partial charge in [-0.25, -0.2) is 9.78 Å². The number of aromatic carboxylic acids is 1. The summed E-state index contributed by atoms with van der Waals surface area (Å²) in [6.07, 6.45) is 2.19. The van der Waals surface area contributed by atoms with Crippen LogP contribution < -0.4 is 4.90 Å². The fraction of sp³-hybridized carbons (Fsp3) is 0.571. The van der Waals surface area contributed by atoms with E-state index >= 15 is 0 Å². The Morgan fingerprint density at radius 3 is 2.68 bits per heavy atom. The lowest BCUT2D eigenvalue weighted by atomic mass is 9.82. The third kappa shape index (κ3) is 3.23. The molecule has 0 radical (unpaired) electrons. The second-order valence-corrected chi connectivity index (χ2v) is 5.24. The van der Waals surface area contributed by atoms with Crippen LogP contribution in [0.15, 0.2) is 12.1 Å². The van der Waals surface area contributed by atoms with Gasteiger partial charge in [0.05, 0.1) is 11.7 Å². The van der Waals surface area contributed by atoms with Crippen LogP contribution in [0.25, 0.3) is 0 Å². The van der Waals surface area contributed by atoms with Crippen LogP contribution in [0.1, 0.15) is 35.8 Å². The summed E-state index contributed by atoms with van der Waals surface area (Å²) in [7, 11) is 1.91. The Bertz CT molecular complexity index is 470.